The molecule has 0 aliphatic carbocycles. The highest BCUT2D eigenvalue weighted by Crippen LogP contribution is 2.38. The van der Waals surface area contributed by atoms with Crippen molar-refractivity contribution in [3.63, 3.8) is 0 Å². The number of benzene rings is 1. The number of alkyl halides is 3. The number of hydrogen-bond acceptors (Lipinski definition) is 6. The number of fused-ring (bicyclic) bond motifs is 1. The Hall–Kier alpha value is -4.14. The van der Waals surface area contributed by atoms with Crippen molar-refractivity contribution in [1.82, 2.24) is 9.88 Å². The summed E-state index contributed by atoms with van der Waals surface area (Å²) in [5, 5.41) is 18.2. The molecule has 1 aliphatic heterocycles. The van der Waals surface area contributed by atoms with E-state index in [0.29, 0.717) is 11.6 Å². The summed E-state index contributed by atoms with van der Waals surface area (Å²) in [6, 6.07) is 4.94. The molecule has 32 heavy (non-hydrogen) atoms. The molecule has 1 aromatic heterocycles. The van der Waals surface area contributed by atoms with Crippen LogP contribution in [-0.4, -0.2) is 38.8 Å². The first-order valence-electron chi connectivity index (χ1n) is 9.17. The van der Waals surface area contributed by atoms with Crippen molar-refractivity contribution < 1.29 is 32.7 Å². The number of aliphatic carboxylic acids is 1. The molecule has 1 aliphatic rings. The lowest BCUT2D eigenvalue weighted by molar-refractivity contribution is -0.138. The summed E-state index contributed by atoms with van der Waals surface area (Å²) in [6.07, 6.45) is -5.42. The third kappa shape index (κ3) is 4.18. The summed E-state index contributed by atoms with van der Waals surface area (Å²) < 4.78 is 40.1. The number of pyridine rings is 1. The molecule has 9 nitrogen and oxygen atoms in total. The number of nitrogen functional groups attached to an aromatic ring is 1. The molecule has 1 aromatic carbocycles. The van der Waals surface area contributed by atoms with Crippen molar-refractivity contribution in [2.24, 2.45) is 5.73 Å². The predicted octanol–water partition coefficient (Wildman–Crippen LogP) is 1.90. The van der Waals surface area contributed by atoms with E-state index in [1.165, 1.54) is 24.3 Å². The fraction of sp³-hybridized carbons (Fsp3) is 0.250. The van der Waals surface area contributed by atoms with E-state index in [-0.39, 0.29) is 29.8 Å². The number of carboxylic acid groups (broad SMARTS) is 1. The number of carboxylic acids is 1. The van der Waals surface area contributed by atoms with Gasteiger partial charge in [-0.3, -0.25) is 14.4 Å². The predicted molar refractivity (Wildman–Crippen MR) is 104 cm³/mol. The van der Waals surface area contributed by atoms with Crippen LogP contribution in [0.4, 0.5) is 19.0 Å². The van der Waals surface area contributed by atoms with Gasteiger partial charge in [-0.15, -0.1) is 0 Å². The Bertz CT molecular complexity index is 1170. The zero-order valence-electron chi connectivity index (χ0n) is 16.3. The molecule has 0 saturated heterocycles. The summed E-state index contributed by atoms with van der Waals surface area (Å²) in [6.45, 7) is -0.119. The molecule has 2 amide bonds. The van der Waals surface area contributed by atoms with Gasteiger partial charge in [-0.2, -0.15) is 18.4 Å². The van der Waals surface area contributed by atoms with E-state index in [4.69, 9.17) is 16.6 Å². The minimum atomic E-state index is -4.83. The van der Waals surface area contributed by atoms with E-state index in [1.807, 2.05) is 0 Å². The summed E-state index contributed by atoms with van der Waals surface area (Å²) in [4.78, 5) is 40.4. The molecule has 3 rings (SSSR count). The number of nitriles is 1. The second kappa shape index (κ2) is 8.18. The van der Waals surface area contributed by atoms with Gasteiger partial charge in [-0.05, 0) is 30.2 Å². The highest BCUT2D eigenvalue weighted by atomic mass is 19.4. The van der Waals surface area contributed by atoms with Gasteiger partial charge in [-0.1, -0.05) is 6.07 Å². The van der Waals surface area contributed by atoms with Gasteiger partial charge in [0.05, 0.1) is 16.8 Å². The molecule has 2 aromatic rings. The maximum absolute atomic E-state index is 13.4. The maximum Gasteiger partial charge on any atom is 0.417 e. The second-order valence-corrected chi connectivity index (χ2v) is 7.08. The first-order valence-corrected chi connectivity index (χ1v) is 9.17. The Labute approximate surface area is 179 Å². The van der Waals surface area contributed by atoms with Crippen LogP contribution in [0.25, 0.3) is 11.3 Å². The van der Waals surface area contributed by atoms with Gasteiger partial charge in [0.2, 0.25) is 5.91 Å². The van der Waals surface area contributed by atoms with Crippen molar-refractivity contribution in [2.75, 3.05) is 5.73 Å². The molecule has 2 heterocycles. The molecule has 5 N–H and O–H groups in total. The third-order valence-corrected chi connectivity index (χ3v) is 5.00. The first-order chi connectivity index (χ1) is 14.9. The van der Waals surface area contributed by atoms with Crippen molar-refractivity contribution in [2.45, 2.75) is 31.6 Å². The Morgan fingerprint density at radius 3 is 2.56 bits per heavy atom. The van der Waals surface area contributed by atoms with E-state index >= 15 is 0 Å². The number of rotatable bonds is 6. The average molecular weight is 447 g/mol. The van der Waals surface area contributed by atoms with Gasteiger partial charge in [-0.25, -0.2) is 4.98 Å². The van der Waals surface area contributed by atoms with Crippen LogP contribution in [0.2, 0.25) is 0 Å². The number of carbonyl (C=O) groups excluding carboxylic acids is 2. The smallest absolute Gasteiger partial charge is 0.417 e. The monoisotopic (exact) mass is 447 g/mol. The molecule has 0 unspecified atom stereocenters. The van der Waals surface area contributed by atoms with Crippen molar-refractivity contribution >= 4 is 23.6 Å². The van der Waals surface area contributed by atoms with Crippen LogP contribution < -0.4 is 11.5 Å². The molecular weight excluding hydrogens is 431 g/mol. The van der Waals surface area contributed by atoms with Crippen LogP contribution in [-0.2, 0) is 22.3 Å². The van der Waals surface area contributed by atoms with Crippen molar-refractivity contribution in [3.05, 3.63) is 46.5 Å². The number of primary amides is 1. The molecule has 0 spiro atoms. The molecule has 166 valence electrons. The SMILES string of the molecule is N#Cc1c(C(F)(F)F)cc(N)nc1-c1ccc2c(c1)CN([C@@H](CCC(=O)O)C(N)=O)C2=O. The highest BCUT2D eigenvalue weighted by Gasteiger charge is 2.38. The van der Waals surface area contributed by atoms with Gasteiger partial charge < -0.3 is 21.5 Å². The zero-order valence-corrected chi connectivity index (χ0v) is 16.3. The number of hydrogen-bond donors (Lipinski definition) is 3. The van der Waals surface area contributed by atoms with E-state index in [2.05, 4.69) is 4.98 Å². The minimum Gasteiger partial charge on any atom is -0.481 e. The minimum absolute atomic E-state index is 0.119. The molecule has 1 atom stereocenters. The Kier molecular flexibility index (Phi) is 5.76. The van der Waals surface area contributed by atoms with E-state index in [0.717, 1.165) is 4.90 Å². The van der Waals surface area contributed by atoms with Crippen molar-refractivity contribution in [3.8, 4) is 17.3 Å². The maximum atomic E-state index is 13.4. The van der Waals surface area contributed by atoms with Gasteiger partial charge in [0.1, 0.15) is 17.9 Å². The van der Waals surface area contributed by atoms with Crippen LogP contribution >= 0.6 is 0 Å². The summed E-state index contributed by atoms with van der Waals surface area (Å²) in [5.41, 5.74) is 9.26. The standard InChI is InChI=1S/C20H16F3N5O4/c21-20(22,23)13-6-15(25)27-17(12(13)7-24)9-1-2-11-10(5-9)8-28(19(11)32)14(18(26)31)3-4-16(29)30/h1-2,5-6,14H,3-4,8H2,(H2,25,27)(H2,26,31)(H,29,30)/t14-/m0/s1. The van der Waals surface area contributed by atoms with Gasteiger partial charge in [0, 0.05) is 24.1 Å². The second-order valence-electron chi connectivity index (χ2n) is 7.08. The lowest BCUT2D eigenvalue weighted by atomic mass is 9.98. The fourth-order valence-corrected chi connectivity index (χ4v) is 3.56. The molecule has 12 heteroatoms. The lowest BCUT2D eigenvalue weighted by Crippen LogP contribution is -2.45. The van der Waals surface area contributed by atoms with Crippen LogP contribution in [0.3, 0.4) is 0 Å². The van der Waals surface area contributed by atoms with E-state index in [9.17, 15) is 32.8 Å². The molecular formula is C20H16F3N5O4. The van der Waals surface area contributed by atoms with Gasteiger partial charge in [0.15, 0.2) is 0 Å². The first kappa shape index (κ1) is 22.5. The number of nitrogens with zero attached hydrogens (tertiary/aromatic N) is 3. The topological polar surface area (TPSA) is 163 Å². The van der Waals surface area contributed by atoms with E-state index in [1.54, 1.807) is 0 Å². The Morgan fingerprint density at radius 1 is 1.31 bits per heavy atom. The Morgan fingerprint density at radius 2 is 2.00 bits per heavy atom. The summed E-state index contributed by atoms with van der Waals surface area (Å²) in [5.74, 6) is -3.06. The highest BCUT2D eigenvalue weighted by molar-refractivity contribution is 6.01. The number of carbonyl (C=O) groups is 3. The third-order valence-electron chi connectivity index (χ3n) is 5.00. The number of amides is 2. The Balaban J connectivity index is 2.03. The number of aromatic nitrogens is 1. The normalized spacial score (nSPS) is 14.1. The van der Waals surface area contributed by atoms with Gasteiger partial charge in [0.25, 0.3) is 5.91 Å². The zero-order chi connectivity index (χ0) is 23.8. The quantitative estimate of drug-likeness (QED) is 0.609. The van der Waals surface area contributed by atoms with Crippen molar-refractivity contribution in [1.29, 1.82) is 5.26 Å². The van der Waals surface area contributed by atoms with Crippen LogP contribution in [0, 0.1) is 11.3 Å². The van der Waals surface area contributed by atoms with Crippen LogP contribution in [0.1, 0.15) is 39.9 Å². The molecule has 0 fully saturated rings. The van der Waals surface area contributed by atoms with Gasteiger partial charge >= 0.3 is 12.1 Å². The van der Waals surface area contributed by atoms with Crippen LogP contribution in [0.5, 0.6) is 0 Å². The van der Waals surface area contributed by atoms with E-state index < -0.39 is 53.4 Å². The number of nitrogens with two attached hydrogens (primary N) is 2. The molecule has 0 saturated carbocycles. The summed E-state index contributed by atoms with van der Waals surface area (Å²) >= 11 is 0. The number of anilines is 1. The number of halogens is 3. The molecule has 0 radical (unpaired) electrons. The largest absolute Gasteiger partial charge is 0.481 e. The molecule has 0 bridgehead atoms. The summed E-state index contributed by atoms with van der Waals surface area (Å²) in [7, 11) is 0. The van der Waals surface area contributed by atoms with Crippen LogP contribution in [0.15, 0.2) is 24.3 Å². The fourth-order valence-electron chi connectivity index (χ4n) is 3.56. The average Bonchev–Trinajstić information content (AvgIpc) is 3.02. The lowest BCUT2D eigenvalue weighted by Gasteiger charge is -2.24.